The summed E-state index contributed by atoms with van der Waals surface area (Å²) in [6.07, 6.45) is 0. The molecule has 0 aromatic heterocycles. The minimum absolute atomic E-state index is 0.0437. The number of hydrogen-bond donors (Lipinski definition) is 0. The van der Waals surface area contributed by atoms with Crippen LogP contribution in [-0.2, 0) is 19.2 Å². The van der Waals surface area contributed by atoms with Crippen molar-refractivity contribution < 1.29 is 17.6 Å². The molecule has 2 aromatic rings. The predicted molar refractivity (Wildman–Crippen MR) is 127 cm³/mol. The van der Waals surface area contributed by atoms with Crippen LogP contribution < -0.4 is 0 Å². The number of aryl methyl sites for hydroxylation is 1. The first-order chi connectivity index (χ1) is 14.4. The number of sulfonamides is 1. The Balaban J connectivity index is 1.99. The van der Waals surface area contributed by atoms with Crippen LogP contribution in [0.4, 0.5) is 0 Å². The fraction of sp³-hybridized carbons (Fsp3) is 0.500. The van der Waals surface area contributed by atoms with Gasteiger partial charge >= 0.3 is 0 Å². The number of nitrogens with zero attached hydrogens (tertiary/aromatic N) is 1. The lowest BCUT2D eigenvalue weighted by molar-refractivity contribution is -0.0229. The highest BCUT2D eigenvalue weighted by atomic mass is 32.2. The Morgan fingerprint density at radius 3 is 2.23 bits per heavy atom. The van der Waals surface area contributed by atoms with Crippen molar-refractivity contribution in [3.63, 3.8) is 0 Å². The summed E-state index contributed by atoms with van der Waals surface area (Å²) in [6.45, 7) is 13.8. The van der Waals surface area contributed by atoms with Gasteiger partial charge in [-0.2, -0.15) is 4.31 Å². The zero-order valence-electron chi connectivity index (χ0n) is 19.5. The van der Waals surface area contributed by atoms with E-state index in [1.54, 1.807) is 16.4 Å². The van der Waals surface area contributed by atoms with Crippen LogP contribution in [-0.4, -0.2) is 46.9 Å². The Kier molecular flexibility index (Phi) is 7.13. The topological polar surface area (TPSA) is 55.8 Å². The summed E-state index contributed by atoms with van der Waals surface area (Å²) in [4.78, 5) is 0.304. The van der Waals surface area contributed by atoms with Crippen molar-refractivity contribution in [2.45, 2.75) is 62.8 Å². The summed E-state index contributed by atoms with van der Waals surface area (Å²) in [7, 11) is -5.78. The SMILES string of the molecule is Cc1ccc(S(=O)(=O)N2[C@H](CO[Si](C)(C)C(C)(C)C)COC[C@@H]2c2ccccc2)cc1. The monoisotopic (exact) mass is 461 g/mol. The second kappa shape index (κ2) is 9.15. The maximum atomic E-state index is 13.8. The molecule has 1 aliphatic rings. The van der Waals surface area contributed by atoms with Gasteiger partial charge in [-0.3, -0.25) is 0 Å². The molecular weight excluding hydrogens is 426 g/mol. The first-order valence-electron chi connectivity index (χ1n) is 10.8. The summed E-state index contributed by atoms with van der Waals surface area (Å²) >= 11 is 0. The molecular formula is C24H35NO4SSi. The van der Waals surface area contributed by atoms with Gasteiger partial charge in [-0.1, -0.05) is 68.8 Å². The smallest absolute Gasteiger partial charge is 0.244 e. The Labute approximate surface area is 188 Å². The maximum absolute atomic E-state index is 13.8. The molecule has 31 heavy (non-hydrogen) atoms. The second-order valence-corrected chi connectivity index (χ2v) is 16.5. The van der Waals surface area contributed by atoms with Gasteiger partial charge in [-0.15, -0.1) is 0 Å². The van der Waals surface area contributed by atoms with Crippen LogP contribution in [0.25, 0.3) is 0 Å². The molecule has 1 fully saturated rings. The fourth-order valence-electron chi connectivity index (χ4n) is 3.47. The molecule has 3 rings (SSSR count). The minimum atomic E-state index is -3.74. The summed E-state index contributed by atoms with van der Waals surface area (Å²) in [5.74, 6) is 0. The largest absolute Gasteiger partial charge is 0.415 e. The molecule has 170 valence electrons. The van der Waals surface area contributed by atoms with Gasteiger partial charge in [-0.25, -0.2) is 8.42 Å². The first kappa shape index (κ1) is 24.1. The molecule has 1 heterocycles. The van der Waals surface area contributed by atoms with E-state index in [9.17, 15) is 8.42 Å². The fourth-order valence-corrected chi connectivity index (χ4v) is 6.27. The third-order valence-corrected chi connectivity index (χ3v) is 13.0. The molecule has 0 saturated carbocycles. The molecule has 2 aromatic carbocycles. The molecule has 0 bridgehead atoms. The van der Waals surface area contributed by atoms with E-state index in [-0.39, 0.29) is 11.1 Å². The van der Waals surface area contributed by atoms with Crippen LogP contribution in [0.3, 0.4) is 0 Å². The molecule has 2 atom stereocenters. The second-order valence-electron chi connectivity index (χ2n) is 9.84. The highest BCUT2D eigenvalue weighted by Crippen LogP contribution is 2.38. The quantitative estimate of drug-likeness (QED) is 0.559. The molecule has 7 heteroatoms. The number of morpholine rings is 1. The molecule has 0 N–H and O–H groups in total. The number of benzene rings is 2. The predicted octanol–water partition coefficient (Wildman–Crippen LogP) is 5.15. The first-order valence-corrected chi connectivity index (χ1v) is 15.2. The van der Waals surface area contributed by atoms with Crippen molar-refractivity contribution in [1.82, 2.24) is 4.31 Å². The number of rotatable bonds is 6. The van der Waals surface area contributed by atoms with E-state index < -0.39 is 24.4 Å². The van der Waals surface area contributed by atoms with Gasteiger partial charge in [0.2, 0.25) is 10.0 Å². The van der Waals surface area contributed by atoms with E-state index >= 15 is 0 Å². The van der Waals surface area contributed by atoms with Crippen LogP contribution in [0.5, 0.6) is 0 Å². The van der Waals surface area contributed by atoms with E-state index in [4.69, 9.17) is 9.16 Å². The van der Waals surface area contributed by atoms with Crippen molar-refractivity contribution in [3.8, 4) is 0 Å². The van der Waals surface area contributed by atoms with Crippen molar-refractivity contribution in [2.75, 3.05) is 19.8 Å². The van der Waals surface area contributed by atoms with Gasteiger partial charge in [0.1, 0.15) is 0 Å². The van der Waals surface area contributed by atoms with E-state index in [1.807, 2.05) is 49.4 Å². The van der Waals surface area contributed by atoms with Gasteiger partial charge in [-0.05, 0) is 42.8 Å². The molecule has 0 amide bonds. The van der Waals surface area contributed by atoms with Crippen LogP contribution >= 0.6 is 0 Å². The molecule has 0 unspecified atom stereocenters. The van der Waals surface area contributed by atoms with Crippen molar-refractivity contribution >= 4 is 18.3 Å². The lowest BCUT2D eigenvalue weighted by Crippen LogP contribution is -2.54. The molecule has 0 radical (unpaired) electrons. The Morgan fingerprint density at radius 1 is 1.03 bits per heavy atom. The van der Waals surface area contributed by atoms with Crippen LogP contribution in [0.2, 0.25) is 18.1 Å². The molecule has 0 spiro atoms. The normalized spacial score (nSPS) is 21.2. The van der Waals surface area contributed by atoms with Gasteiger partial charge in [0, 0.05) is 0 Å². The highest BCUT2D eigenvalue weighted by molar-refractivity contribution is 7.89. The van der Waals surface area contributed by atoms with Crippen molar-refractivity contribution in [2.24, 2.45) is 0 Å². The molecule has 1 saturated heterocycles. The van der Waals surface area contributed by atoms with Crippen LogP contribution in [0.15, 0.2) is 59.5 Å². The lowest BCUT2D eigenvalue weighted by atomic mass is 10.1. The summed E-state index contributed by atoms with van der Waals surface area (Å²) < 4.78 is 41.7. The molecule has 5 nitrogen and oxygen atoms in total. The van der Waals surface area contributed by atoms with E-state index in [0.717, 1.165) is 11.1 Å². The lowest BCUT2D eigenvalue weighted by Gasteiger charge is -2.43. The zero-order valence-corrected chi connectivity index (χ0v) is 21.3. The minimum Gasteiger partial charge on any atom is -0.415 e. The summed E-state index contributed by atoms with van der Waals surface area (Å²) in [5.41, 5.74) is 1.95. The Morgan fingerprint density at radius 2 is 1.65 bits per heavy atom. The van der Waals surface area contributed by atoms with Crippen molar-refractivity contribution in [3.05, 3.63) is 65.7 Å². The van der Waals surface area contributed by atoms with E-state index in [2.05, 4.69) is 33.9 Å². The van der Waals surface area contributed by atoms with Crippen LogP contribution in [0.1, 0.15) is 37.9 Å². The van der Waals surface area contributed by atoms with Gasteiger partial charge < -0.3 is 9.16 Å². The van der Waals surface area contributed by atoms with E-state index in [0.29, 0.717) is 24.7 Å². The Bertz CT molecular complexity index is 969. The third kappa shape index (κ3) is 5.29. The van der Waals surface area contributed by atoms with Gasteiger partial charge in [0.25, 0.3) is 0 Å². The van der Waals surface area contributed by atoms with E-state index in [1.165, 1.54) is 0 Å². The Hall–Kier alpha value is -1.51. The highest BCUT2D eigenvalue weighted by Gasteiger charge is 2.44. The summed E-state index contributed by atoms with van der Waals surface area (Å²) in [6, 6.07) is 16.0. The molecule has 0 aliphatic carbocycles. The average Bonchev–Trinajstić information content (AvgIpc) is 2.72. The third-order valence-electron chi connectivity index (χ3n) is 6.48. The van der Waals surface area contributed by atoms with Gasteiger partial charge in [0.05, 0.1) is 36.8 Å². The van der Waals surface area contributed by atoms with Crippen LogP contribution in [0, 0.1) is 6.92 Å². The maximum Gasteiger partial charge on any atom is 0.244 e. The standard InChI is InChI=1S/C24H35NO4SSi/c1-19-12-14-22(15-13-19)30(26,27)25-21(17-29-31(5,6)24(2,3)4)16-28-18-23(25)20-10-8-7-9-11-20/h7-15,21,23H,16-18H2,1-6H3/t21-,23+/m0/s1. The number of hydrogen-bond acceptors (Lipinski definition) is 4. The number of ether oxygens (including phenoxy) is 1. The zero-order chi connectivity index (χ0) is 22.9. The molecule has 1 aliphatic heterocycles. The van der Waals surface area contributed by atoms with Gasteiger partial charge in [0.15, 0.2) is 8.32 Å². The summed E-state index contributed by atoms with van der Waals surface area (Å²) in [5, 5.41) is 0.0437. The average molecular weight is 462 g/mol. The van der Waals surface area contributed by atoms with Crippen molar-refractivity contribution in [1.29, 1.82) is 0 Å².